The van der Waals surface area contributed by atoms with Gasteiger partial charge in [0.2, 0.25) is 0 Å². The summed E-state index contributed by atoms with van der Waals surface area (Å²) < 4.78 is 0. The molecule has 1 aliphatic heterocycles. The minimum atomic E-state index is -0.0728. The van der Waals surface area contributed by atoms with Crippen LogP contribution in [0.2, 0.25) is 5.02 Å². The first-order valence-electron chi connectivity index (χ1n) is 11.1. The van der Waals surface area contributed by atoms with Crippen LogP contribution in [0.1, 0.15) is 47.3 Å². The van der Waals surface area contributed by atoms with E-state index in [1.165, 1.54) is 17.3 Å². The minimum absolute atomic E-state index is 0.00103. The van der Waals surface area contributed by atoms with E-state index in [0.717, 1.165) is 54.2 Å². The van der Waals surface area contributed by atoms with Crippen LogP contribution in [0.5, 0.6) is 0 Å². The van der Waals surface area contributed by atoms with Crippen molar-refractivity contribution < 1.29 is 4.79 Å². The molecule has 2 aliphatic rings. The number of nitrogens with two attached hydrogens (primary N) is 3. The molecular weight excluding hydrogens is 470 g/mol. The highest BCUT2D eigenvalue weighted by atomic mass is 35.5. The summed E-state index contributed by atoms with van der Waals surface area (Å²) in [5.41, 5.74) is 21.9. The number of ketones is 1. The van der Waals surface area contributed by atoms with E-state index in [-0.39, 0.29) is 23.1 Å². The number of pyridine rings is 1. The number of Topliss-reactive ketones (excluding diaryl/α,β-unsaturated/α-hetero) is 1. The molecule has 0 unspecified atom stereocenters. The molecule has 5 rings (SSSR count). The molecule has 1 aromatic carbocycles. The van der Waals surface area contributed by atoms with Gasteiger partial charge < -0.3 is 22.1 Å². The standard InChI is InChI=1S/C24H26ClN7OS/c1-13(33)14-2-3-15-11-24(20(26)16(15)10-14)5-8-32(9-6-24)18-12-30-23(22(28)31-18)34-17-4-7-29-21(27)19(17)25/h2-4,7,10,12,20H,5-6,8-9,11,26H2,1H3,(H2,27,29)(H2,28,31)/t20-/m1/s1. The number of hydrogen-bond acceptors (Lipinski definition) is 9. The highest BCUT2D eigenvalue weighted by molar-refractivity contribution is 7.99. The van der Waals surface area contributed by atoms with Crippen molar-refractivity contribution in [2.45, 2.75) is 42.1 Å². The number of nitrogen functional groups attached to an aromatic ring is 2. The molecule has 1 fully saturated rings. The third-order valence-corrected chi connectivity index (χ3v) is 8.59. The van der Waals surface area contributed by atoms with Gasteiger partial charge in [0.1, 0.15) is 16.7 Å². The minimum Gasteiger partial charge on any atom is -0.382 e. The van der Waals surface area contributed by atoms with Gasteiger partial charge in [-0.2, -0.15) is 0 Å². The van der Waals surface area contributed by atoms with E-state index in [0.29, 0.717) is 15.9 Å². The second-order valence-electron chi connectivity index (χ2n) is 9.00. The fourth-order valence-corrected chi connectivity index (χ4v) is 6.00. The fraction of sp³-hybridized carbons (Fsp3) is 0.333. The van der Waals surface area contributed by atoms with Crippen LogP contribution in [-0.2, 0) is 6.42 Å². The van der Waals surface area contributed by atoms with Gasteiger partial charge in [-0.1, -0.05) is 35.5 Å². The van der Waals surface area contributed by atoms with Gasteiger partial charge in [-0.15, -0.1) is 0 Å². The third kappa shape index (κ3) is 3.97. The second kappa shape index (κ2) is 8.72. The number of carbonyl (C=O) groups excluding carboxylic acids is 1. The van der Waals surface area contributed by atoms with Crippen molar-refractivity contribution in [2.75, 3.05) is 29.5 Å². The Hall–Kier alpha value is -2.88. The third-order valence-electron chi connectivity index (χ3n) is 7.01. The van der Waals surface area contributed by atoms with Crippen molar-refractivity contribution in [3.05, 3.63) is 58.4 Å². The van der Waals surface area contributed by atoms with E-state index in [4.69, 9.17) is 28.8 Å². The molecule has 2 aromatic heterocycles. The molecule has 0 amide bonds. The smallest absolute Gasteiger partial charge is 0.159 e. The van der Waals surface area contributed by atoms with E-state index in [1.807, 2.05) is 12.1 Å². The Labute approximate surface area is 207 Å². The van der Waals surface area contributed by atoms with Crippen LogP contribution in [0.4, 0.5) is 17.5 Å². The summed E-state index contributed by atoms with van der Waals surface area (Å²) in [5, 5.41) is 0.947. The average Bonchev–Trinajstić information content (AvgIpc) is 3.09. The zero-order valence-corrected chi connectivity index (χ0v) is 20.4. The number of aromatic nitrogens is 3. The van der Waals surface area contributed by atoms with Gasteiger partial charge in [-0.3, -0.25) is 4.79 Å². The summed E-state index contributed by atoms with van der Waals surface area (Å²) in [4.78, 5) is 27.9. The molecule has 0 saturated carbocycles. The molecule has 1 atom stereocenters. The van der Waals surface area contributed by atoms with E-state index in [1.54, 1.807) is 25.4 Å². The SMILES string of the molecule is CC(=O)c1ccc2c(c1)[C@@H](N)C1(CCN(c3cnc(Sc4ccnc(N)c4Cl)c(N)n3)CC1)C2. The van der Waals surface area contributed by atoms with Crippen LogP contribution in [0.15, 0.2) is 46.6 Å². The van der Waals surface area contributed by atoms with Crippen LogP contribution in [0, 0.1) is 5.41 Å². The summed E-state index contributed by atoms with van der Waals surface area (Å²) in [5.74, 6) is 1.43. The lowest BCUT2D eigenvalue weighted by Crippen LogP contribution is -2.44. The predicted molar refractivity (Wildman–Crippen MR) is 135 cm³/mol. The largest absolute Gasteiger partial charge is 0.382 e. The first kappa shape index (κ1) is 22.9. The van der Waals surface area contributed by atoms with Crippen LogP contribution < -0.4 is 22.1 Å². The first-order valence-corrected chi connectivity index (χ1v) is 12.3. The maximum Gasteiger partial charge on any atom is 0.159 e. The van der Waals surface area contributed by atoms with Gasteiger partial charge in [0.25, 0.3) is 0 Å². The molecule has 34 heavy (non-hydrogen) atoms. The highest BCUT2D eigenvalue weighted by Crippen LogP contribution is 2.51. The number of nitrogens with zero attached hydrogens (tertiary/aromatic N) is 4. The normalized spacial score (nSPS) is 18.8. The van der Waals surface area contributed by atoms with Crippen LogP contribution >= 0.6 is 23.4 Å². The Bertz CT molecular complexity index is 1280. The number of anilines is 3. The number of benzene rings is 1. The van der Waals surface area contributed by atoms with E-state index >= 15 is 0 Å². The lowest BCUT2D eigenvalue weighted by atomic mass is 9.73. The molecule has 0 bridgehead atoms. The fourth-order valence-electron chi connectivity index (χ4n) is 4.99. The van der Waals surface area contributed by atoms with Crippen molar-refractivity contribution in [3.63, 3.8) is 0 Å². The Morgan fingerprint density at radius 3 is 2.65 bits per heavy atom. The quantitative estimate of drug-likeness (QED) is 0.460. The molecule has 3 aromatic rings. The molecule has 10 heteroatoms. The van der Waals surface area contributed by atoms with Gasteiger partial charge >= 0.3 is 0 Å². The Kier molecular flexibility index (Phi) is 5.87. The maximum atomic E-state index is 11.8. The number of rotatable bonds is 4. The van der Waals surface area contributed by atoms with Crippen molar-refractivity contribution in [1.29, 1.82) is 0 Å². The second-order valence-corrected chi connectivity index (χ2v) is 10.4. The van der Waals surface area contributed by atoms with E-state index in [2.05, 4.69) is 25.9 Å². The van der Waals surface area contributed by atoms with Crippen LogP contribution in [0.25, 0.3) is 0 Å². The highest BCUT2D eigenvalue weighted by Gasteiger charge is 2.46. The van der Waals surface area contributed by atoms with Crippen LogP contribution in [0.3, 0.4) is 0 Å². The number of fused-ring (bicyclic) bond motifs is 1. The summed E-state index contributed by atoms with van der Waals surface area (Å²) >= 11 is 7.56. The van der Waals surface area contributed by atoms with Crippen molar-refractivity contribution >= 4 is 46.6 Å². The molecule has 3 heterocycles. The van der Waals surface area contributed by atoms with Gasteiger partial charge in [-0.05, 0) is 54.9 Å². The van der Waals surface area contributed by atoms with Gasteiger partial charge in [0.05, 0.1) is 11.2 Å². The topological polar surface area (TPSA) is 137 Å². The molecule has 1 spiro atoms. The zero-order chi connectivity index (χ0) is 24.0. The van der Waals surface area contributed by atoms with Crippen molar-refractivity contribution in [2.24, 2.45) is 11.1 Å². The molecule has 6 N–H and O–H groups in total. The van der Waals surface area contributed by atoms with E-state index < -0.39 is 0 Å². The number of halogens is 1. The molecule has 0 radical (unpaired) electrons. The lowest BCUT2D eigenvalue weighted by Gasteiger charge is -2.42. The van der Waals surface area contributed by atoms with Crippen molar-refractivity contribution in [1.82, 2.24) is 15.0 Å². The summed E-state index contributed by atoms with van der Waals surface area (Å²) in [7, 11) is 0. The molecule has 1 aliphatic carbocycles. The molecule has 8 nitrogen and oxygen atoms in total. The molecular formula is C24H26ClN7OS. The number of carbonyl (C=O) groups is 1. The zero-order valence-electron chi connectivity index (χ0n) is 18.8. The number of piperidine rings is 1. The Balaban J connectivity index is 1.29. The maximum absolute atomic E-state index is 11.8. The average molecular weight is 496 g/mol. The van der Waals surface area contributed by atoms with Gasteiger partial charge in [-0.25, -0.2) is 15.0 Å². The summed E-state index contributed by atoms with van der Waals surface area (Å²) in [6, 6.07) is 7.65. The molecule has 176 valence electrons. The Morgan fingerprint density at radius 2 is 1.94 bits per heavy atom. The first-order chi connectivity index (χ1) is 16.3. The Morgan fingerprint density at radius 1 is 1.18 bits per heavy atom. The summed E-state index contributed by atoms with van der Waals surface area (Å²) in [6.45, 7) is 3.22. The van der Waals surface area contributed by atoms with Crippen molar-refractivity contribution in [3.8, 4) is 0 Å². The monoisotopic (exact) mass is 495 g/mol. The van der Waals surface area contributed by atoms with Gasteiger partial charge in [0, 0.05) is 35.8 Å². The molecule has 1 saturated heterocycles. The predicted octanol–water partition coefficient (Wildman–Crippen LogP) is 3.89. The van der Waals surface area contributed by atoms with Crippen LogP contribution in [-0.4, -0.2) is 33.8 Å². The lowest BCUT2D eigenvalue weighted by molar-refractivity contribution is 0.101. The number of hydrogen-bond donors (Lipinski definition) is 3. The van der Waals surface area contributed by atoms with E-state index in [9.17, 15) is 4.79 Å². The summed E-state index contributed by atoms with van der Waals surface area (Å²) in [6.07, 6.45) is 6.15. The van der Waals surface area contributed by atoms with Gasteiger partial charge in [0.15, 0.2) is 11.6 Å².